The van der Waals surface area contributed by atoms with E-state index in [4.69, 9.17) is 4.74 Å². The van der Waals surface area contributed by atoms with Crippen molar-refractivity contribution < 1.29 is 14.6 Å². The zero-order valence-electron chi connectivity index (χ0n) is 20.7. The minimum atomic E-state index is -0.960. The summed E-state index contributed by atoms with van der Waals surface area (Å²) in [6, 6.07) is 16.8. The van der Waals surface area contributed by atoms with E-state index in [1.807, 2.05) is 30.5 Å². The van der Waals surface area contributed by atoms with Gasteiger partial charge in [-0.25, -0.2) is 4.79 Å². The third kappa shape index (κ3) is 3.49. The zero-order valence-corrected chi connectivity index (χ0v) is 20.7. The van der Waals surface area contributed by atoms with Gasteiger partial charge in [-0.2, -0.15) is 5.10 Å². The molecule has 2 bridgehead atoms. The number of fused-ring (bicyclic) bond motifs is 5. The third-order valence-electron chi connectivity index (χ3n) is 8.53. The molecule has 3 aliphatic rings. The molecule has 2 unspecified atom stereocenters. The van der Waals surface area contributed by atoms with E-state index in [1.54, 1.807) is 0 Å². The number of nitrogens with zero attached hydrogens (tertiary/aromatic N) is 3. The van der Waals surface area contributed by atoms with Gasteiger partial charge in [0.2, 0.25) is 0 Å². The van der Waals surface area contributed by atoms with Crippen molar-refractivity contribution in [2.75, 3.05) is 6.61 Å². The molecule has 2 fully saturated rings. The second-order valence-electron chi connectivity index (χ2n) is 10.6. The van der Waals surface area contributed by atoms with E-state index in [2.05, 4.69) is 53.6 Å². The van der Waals surface area contributed by atoms with Gasteiger partial charge in [0.05, 0.1) is 11.3 Å². The van der Waals surface area contributed by atoms with Crippen molar-refractivity contribution in [3.8, 4) is 11.1 Å². The molecule has 6 heteroatoms. The van der Waals surface area contributed by atoms with E-state index >= 15 is 0 Å². The van der Waals surface area contributed by atoms with Crippen molar-refractivity contribution >= 4 is 6.09 Å². The highest BCUT2D eigenvalue weighted by atomic mass is 16.6. The van der Waals surface area contributed by atoms with Crippen molar-refractivity contribution in [3.05, 3.63) is 76.6 Å². The highest BCUT2D eigenvalue weighted by Gasteiger charge is 2.50. The minimum Gasteiger partial charge on any atom is -0.448 e. The van der Waals surface area contributed by atoms with Crippen LogP contribution in [0.3, 0.4) is 0 Å². The Hall–Kier alpha value is -3.12. The first-order valence-corrected chi connectivity index (χ1v) is 12.7. The maximum Gasteiger partial charge on any atom is 0.410 e. The lowest BCUT2D eigenvalue weighted by Crippen LogP contribution is -2.59. The molecular weight excluding hydrogens is 438 g/mol. The SMILES string of the molecule is Cc1nn(C)c(C)c1C1(O)CC2CCCC(C1)N2C(=O)OCC1c2ccccc2-c2ccccc21. The molecule has 2 aromatic carbocycles. The van der Waals surface area contributed by atoms with Gasteiger partial charge in [-0.15, -0.1) is 0 Å². The lowest BCUT2D eigenvalue weighted by Gasteiger charge is -2.51. The first-order chi connectivity index (χ1) is 16.9. The number of piperidine rings is 2. The molecule has 0 radical (unpaired) electrons. The molecule has 1 aliphatic carbocycles. The lowest BCUT2D eigenvalue weighted by molar-refractivity contribution is -0.0896. The number of hydrogen-bond donors (Lipinski definition) is 1. The largest absolute Gasteiger partial charge is 0.448 e. The maximum atomic E-state index is 13.5. The molecule has 2 saturated heterocycles. The number of ether oxygens (including phenoxy) is 1. The Morgan fingerprint density at radius 1 is 1.03 bits per heavy atom. The number of carbonyl (C=O) groups is 1. The average molecular weight is 472 g/mol. The van der Waals surface area contributed by atoms with Gasteiger partial charge in [-0.05, 0) is 55.4 Å². The highest BCUT2D eigenvalue weighted by Crippen LogP contribution is 2.47. The number of carbonyl (C=O) groups excluding carboxylic acids is 1. The molecule has 182 valence electrons. The summed E-state index contributed by atoms with van der Waals surface area (Å²) in [7, 11) is 1.92. The Balaban J connectivity index is 1.22. The van der Waals surface area contributed by atoms with Crippen molar-refractivity contribution in [1.29, 1.82) is 0 Å². The molecule has 0 saturated carbocycles. The first-order valence-electron chi connectivity index (χ1n) is 12.7. The number of aliphatic hydroxyl groups is 1. The topological polar surface area (TPSA) is 67.6 Å². The summed E-state index contributed by atoms with van der Waals surface area (Å²) in [5.41, 5.74) is 6.74. The fourth-order valence-corrected chi connectivity index (χ4v) is 7.05. The maximum absolute atomic E-state index is 13.5. The summed E-state index contributed by atoms with van der Waals surface area (Å²) >= 11 is 0. The molecule has 35 heavy (non-hydrogen) atoms. The van der Waals surface area contributed by atoms with Crippen LogP contribution < -0.4 is 0 Å². The van der Waals surface area contributed by atoms with Gasteiger partial charge in [0.25, 0.3) is 0 Å². The molecule has 1 aromatic heterocycles. The monoisotopic (exact) mass is 471 g/mol. The van der Waals surface area contributed by atoms with E-state index in [1.165, 1.54) is 22.3 Å². The first kappa shape index (κ1) is 22.4. The van der Waals surface area contributed by atoms with Gasteiger partial charge in [0, 0.05) is 49.1 Å². The van der Waals surface area contributed by atoms with Crippen LogP contribution in [0.4, 0.5) is 4.79 Å². The zero-order chi connectivity index (χ0) is 24.3. The van der Waals surface area contributed by atoms with Crippen molar-refractivity contribution in [3.63, 3.8) is 0 Å². The van der Waals surface area contributed by atoms with Gasteiger partial charge in [-0.1, -0.05) is 48.5 Å². The van der Waals surface area contributed by atoms with E-state index in [9.17, 15) is 9.90 Å². The van der Waals surface area contributed by atoms with Crippen molar-refractivity contribution in [2.24, 2.45) is 7.05 Å². The van der Waals surface area contributed by atoms with Crippen LogP contribution in [0.15, 0.2) is 48.5 Å². The summed E-state index contributed by atoms with van der Waals surface area (Å²) in [5.74, 6) is 0.0496. The molecular formula is C29H33N3O3. The smallest absolute Gasteiger partial charge is 0.410 e. The van der Waals surface area contributed by atoms with Crippen molar-refractivity contribution in [2.45, 2.75) is 69.6 Å². The van der Waals surface area contributed by atoms with Gasteiger partial charge in [-0.3, -0.25) is 4.68 Å². The lowest BCUT2D eigenvalue weighted by atomic mass is 9.72. The summed E-state index contributed by atoms with van der Waals surface area (Å²) in [6.07, 6.45) is 3.66. The second kappa shape index (κ2) is 8.23. The van der Waals surface area contributed by atoms with Crippen LogP contribution in [0.2, 0.25) is 0 Å². The van der Waals surface area contributed by atoms with Crippen LogP contribution in [-0.2, 0) is 17.4 Å². The number of rotatable bonds is 3. The summed E-state index contributed by atoms with van der Waals surface area (Å²) in [6.45, 7) is 4.31. The quantitative estimate of drug-likeness (QED) is 0.571. The van der Waals surface area contributed by atoms with E-state index in [-0.39, 0.29) is 24.1 Å². The van der Waals surface area contributed by atoms with E-state index in [0.29, 0.717) is 19.4 Å². The van der Waals surface area contributed by atoms with Gasteiger partial charge in [0.1, 0.15) is 6.61 Å². The summed E-state index contributed by atoms with van der Waals surface area (Å²) in [4.78, 5) is 15.4. The molecule has 6 nitrogen and oxygen atoms in total. The van der Waals surface area contributed by atoms with E-state index < -0.39 is 5.60 Å². The number of benzene rings is 2. The molecule has 6 rings (SSSR count). The Labute approximate surface area is 206 Å². The molecule has 0 spiro atoms. The van der Waals surface area contributed by atoms with Gasteiger partial charge < -0.3 is 14.7 Å². The van der Waals surface area contributed by atoms with Crippen LogP contribution in [-0.4, -0.2) is 44.6 Å². The predicted molar refractivity (Wildman–Crippen MR) is 134 cm³/mol. The van der Waals surface area contributed by atoms with Crippen molar-refractivity contribution in [1.82, 2.24) is 14.7 Å². The summed E-state index contributed by atoms with van der Waals surface area (Å²) < 4.78 is 7.87. The van der Waals surface area contributed by atoms with Crippen LogP contribution in [0.5, 0.6) is 0 Å². The third-order valence-corrected chi connectivity index (χ3v) is 8.53. The van der Waals surface area contributed by atoms with Gasteiger partial charge >= 0.3 is 6.09 Å². The number of hydrogen-bond acceptors (Lipinski definition) is 4. The van der Waals surface area contributed by atoms with Crippen LogP contribution in [0.1, 0.15) is 66.1 Å². The normalized spacial score (nSPS) is 25.3. The standard InChI is InChI=1S/C29H33N3O3/c1-18-27(19(2)31(3)30-18)29(34)15-20-9-8-10-21(16-29)32(20)28(33)35-17-26-24-13-6-4-11-22(24)23-12-5-7-14-25(23)26/h4-7,11-14,20-21,26,34H,8-10,15-17H2,1-3H3. The second-order valence-corrected chi connectivity index (χ2v) is 10.6. The molecule has 1 N–H and O–H groups in total. The fraction of sp³-hybridized carbons (Fsp3) is 0.448. The highest BCUT2D eigenvalue weighted by molar-refractivity contribution is 5.79. The molecule has 1 amide bonds. The minimum absolute atomic E-state index is 0.0258. The molecule has 3 aromatic rings. The van der Waals surface area contributed by atoms with Crippen LogP contribution in [0.25, 0.3) is 11.1 Å². The average Bonchev–Trinajstić information content (AvgIpc) is 3.29. The molecule has 2 aliphatic heterocycles. The predicted octanol–water partition coefficient (Wildman–Crippen LogP) is 5.19. The molecule has 3 heterocycles. The number of aromatic nitrogens is 2. The Morgan fingerprint density at radius 2 is 1.60 bits per heavy atom. The Bertz CT molecular complexity index is 1240. The Kier molecular flexibility index (Phi) is 5.26. The number of aryl methyl sites for hydroxylation is 2. The molecule has 2 atom stereocenters. The Morgan fingerprint density at radius 3 is 2.14 bits per heavy atom. The summed E-state index contributed by atoms with van der Waals surface area (Å²) in [5, 5.41) is 16.4. The number of amides is 1. The van der Waals surface area contributed by atoms with Crippen LogP contribution >= 0.6 is 0 Å². The van der Waals surface area contributed by atoms with E-state index in [0.717, 1.165) is 36.2 Å². The fourth-order valence-electron chi connectivity index (χ4n) is 7.05. The van der Waals surface area contributed by atoms with Crippen LogP contribution in [0, 0.1) is 13.8 Å². The van der Waals surface area contributed by atoms with Gasteiger partial charge in [0.15, 0.2) is 0 Å².